The van der Waals surface area contributed by atoms with Crippen LogP contribution in [0.4, 0.5) is 0 Å². The predicted molar refractivity (Wildman–Crippen MR) is 78.7 cm³/mol. The highest BCUT2D eigenvalue weighted by atomic mass is 79.9. The molecule has 2 rings (SSSR count). The van der Waals surface area contributed by atoms with Gasteiger partial charge in [0.25, 0.3) is 0 Å². The van der Waals surface area contributed by atoms with Crippen molar-refractivity contribution in [2.45, 2.75) is 19.4 Å². The predicted octanol–water partition coefficient (Wildman–Crippen LogP) is 4.32. The summed E-state index contributed by atoms with van der Waals surface area (Å²) in [5.74, 6) is 0. The van der Waals surface area contributed by atoms with Crippen molar-refractivity contribution in [3.63, 3.8) is 0 Å². The van der Waals surface area contributed by atoms with Crippen LogP contribution >= 0.6 is 27.3 Å². The molecule has 0 saturated carbocycles. The minimum absolute atomic E-state index is 0.404. The highest BCUT2D eigenvalue weighted by Crippen LogP contribution is 2.23. The Morgan fingerprint density at radius 2 is 2.00 bits per heavy atom. The molecule has 2 aromatic rings. The van der Waals surface area contributed by atoms with Crippen LogP contribution in [0.15, 0.2) is 40.2 Å². The number of thiophene rings is 1. The second-order valence-electron chi connectivity index (χ2n) is 4.16. The molecule has 3 heteroatoms. The zero-order valence-corrected chi connectivity index (χ0v) is 12.4. The van der Waals surface area contributed by atoms with Crippen molar-refractivity contribution in [1.29, 1.82) is 0 Å². The van der Waals surface area contributed by atoms with E-state index in [1.807, 2.05) is 18.4 Å². The first-order chi connectivity index (χ1) is 8.19. The molecule has 0 aliphatic carbocycles. The lowest BCUT2D eigenvalue weighted by Crippen LogP contribution is -2.18. The Morgan fingerprint density at radius 1 is 1.29 bits per heavy atom. The molecule has 0 radical (unpaired) electrons. The van der Waals surface area contributed by atoms with Crippen molar-refractivity contribution >= 4 is 27.3 Å². The van der Waals surface area contributed by atoms with Crippen LogP contribution in [0.3, 0.4) is 0 Å². The number of nitrogens with one attached hydrogen (secondary N) is 1. The molecule has 1 unspecified atom stereocenters. The lowest BCUT2D eigenvalue weighted by molar-refractivity contribution is 0.594. The number of rotatable bonds is 4. The topological polar surface area (TPSA) is 12.0 Å². The first kappa shape index (κ1) is 12.8. The third kappa shape index (κ3) is 3.41. The van der Waals surface area contributed by atoms with Crippen molar-refractivity contribution in [3.05, 3.63) is 56.2 Å². The van der Waals surface area contributed by atoms with Gasteiger partial charge in [0.2, 0.25) is 0 Å². The maximum atomic E-state index is 3.46. The molecule has 0 amide bonds. The van der Waals surface area contributed by atoms with E-state index in [1.165, 1.54) is 16.0 Å². The lowest BCUT2D eigenvalue weighted by Gasteiger charge is -2.15. The first-order valence-electron chi connectivity index (χ1n) is 5.66. The summed E-state index contributed by atoms with van der Waals surface area (Å²) in [6.45, 7) is 2.15. The zero-order chi connectivity index (χ0) is 12.3. The first-order valence-corrected chi connectivity index (χ1v) is 7.33. The average molecular weight is 310 g/mol. The third-order valence-corrected chi connectivity index (χ3v) is 4.26. The van der Waals surface area contributed by atoms with Crippen molar-refractivity contribution < 1.29 is 0 Å². The number of benzene rings is 1. The van der Waals surface area contributed by atoms with E-state index in [-0.39, 0.29) is 0 Å². The van der Waals surface area contributed by atoms with Gasteiger partial charge in [0.15, 0.2) is 0 Å². The highest BCUT2D eigenvalue weighted by molar-refractivity contribution is 9.10. The van der Waals surface area contributed by atoms with Crippen LogP contribution in [0.2, 0.25) is 0 Å². The maximum Gasteiger partial charge on any atom is 0.0366 e. The summed E-state index contributed by atoms with van der Waals surface area (Å²) in [5, 5.41) is 5.64. The molecule has 0 spiro atoms. The van der Waals surface area contributed by atoms with Crippen LogP contribution in [-0.2, 0) is 6.42 Å². The van der Waals surface area contributed by atoms with Crippen LogP contribution in [-0.4, -0.2) is 7.05 Å². The Kier molecular flexibility index (Phi) is 4.37. The minimum Gasteiger partial charge on any atom is -0.313 e. The Hall–Kier alpha value is -0.640. The molecule has 1 N–H and O–H groups in total. The Morgan fingerprint density at radius 3 is 2.53 bits per heavy atom. The van der Waals surface area contributed by atoms with Gasteiger partial charge in [-0.2, -0.15) is 0 Å². The van der Waals surface area contributed by atoms with Gasteiger partial charge in [0, 0.05) is 15.4 Å². The van der Waals surface area contributed by atoms with E-state index in [9.17, 15) is 0 Å². The smallest absolute Gasteiger partial charge is 0.0366 e. The fraction of sp³-hybridized carbons (Fsp3) is 0.286. The quantitative estimate of drug-likeness (QED) is 0.886. The van der Waals surface area contributed by atoms with E-state index >= 15 is 0 Å². The second-order valence-corrected chi connectivity index (χ2v) is 6.19. The van der Waals surface area contributed by atoms with Crippen LogP contribution < -0.4 is 5.32 Å². The summed E-state index contributed by atoms with van der Waals surface area (Å²) in [4.78, 5) is 1.37. The summed E-state index contributed by atoms with van der Waals surface area (Å²) < 4.78 is 1.13. The van der Waals surface area contributed by atoms with Crippen molar-refractivity contribution in [2.75, 3.05) is 7.05 Å². The summed E-state index contributed by atoms with van der Waals surface area (Å²) in [6.07, 6.45) is 1.03. The summed E-state index contributed by atoms with van der Waals surface area (Å²) in [6, 6.07) is 11.2. The molecule has 1 nitrogen and oxygen atoms in total. The Labute approximate surface area is 115 Å². The van der Waals surface area contributed by atoms with E-state index < -0.39 is 0 Å². The van der Waals surface area contributed by atoms with Gasteiger partial charge >= 0.3 is 0 Å². The number of hydrogen-bond acceptors (Lipinski definition) is 2. The minimum atomic E-state index is 0.404. The van der Waals surface area contributed by atoms with Crippen LogP contribution in [0, 0.1) is 6.92 Å². The monoisotopic (exact) mass is 309 g/mol. The van der Waals surface area contributed by atoms with Gasteiger partial charge < -0.3 is 5.32 Å². The van der Waals surface area contributed by atoms with Crippen LogP contribution in [0.25, 0.3) is 0 Å². The molecule has 0 fully saturated rings. The summed E-state index contributed by atoms with van der Waals surface area (Å²) in [5.41, 5.74) is 2.74. The summed E-state index contributed by atoms with van der Waals surface area (Å²) in [7, 11) is 2.02. The molecule has 90 valence electrons. The number of hydrogen-bond donors (Lipinski definition) is 1. The molecular formula is C14H16BrNS. The average Bonchev–Trinajstić information content (AvgIpc) is 2.75. The van der Waals surface area contributed by atoms with Crippen molar-refractivity contribution in [2.24, 2.45) is 0 Å². The normalized spacial score (nSPS) is 12.6. The van der Waals surface area contributed by atoms with Gasteiger partial charge in [0.05, 0.1) is 0 Å². The molecular weight excluding hydrogens is 294 g/mol. The van der Waals surface area contributed by atoms with Gasteiger partial charge in [-0.25, -0.2) is 0 Å². The molecule has 17 heavy (non-hydrogen) atoms. The third-order valence-electron chi connectivity index (χ3n) is 2.85. The Bertz CT molecular complexity index is 475. The zero-order valence-electron chi connectivity index (χ0n) is 10.0. The van der Waals surface area contributed by atoms with Gasteiger partial charge in [-0.1, -0.05) is 28.1 Å². The molecule has 0 saturated heterocycles. The SMILES string of the molecule is CNC(Cc1ccc(Br)cc1)c1csc(C)c1. The molecule has 1 aromatic heterocycles. The Balaban J connectivity index is 2.12. The van der Waals surface area contributed by atoms with Crippen LogP contribution in [0.1, 0.15) is 22.0 Å². The second kappa shape index (κ2) is 5.80. The van der Waals surface area contributed by atoms with E-state index in [1.54, 1.807) is 0 Å². The molecule has 1 atom stereocenters. The molecule has 0 aliphatic heterocycles. The van der Waals surface area contributed by atoms with Gasteiger partial charge in [-0.05, 0) is 55.1 Å². The molecule has 1 aromatic carbocycles. The largest absolute Gasteiger partial charge is 0.313 e. The van der Waals surface area contributed by atoms with Crippen molar-refractivity contribution in [3.8, 4) is 0 Å². The fourth-order valence-electron chi connectivity index (χ4n) is 1.89. The lowest BCUT2D eigenvalue weighted by atomic mass is 10.0. The van der Waals surface area contributed by atoms with Crippen molar-refractivity contribution in [1.82, 2.24) is 5.32 Å². The van der Waals surface area contributed by atoms with E-state index in [2.05, 4.69) is 63.9 Å². The number of halogens is 1. The standard InChI is InChI=1S/C14H16BrNS/c1-10-7-12(9-17-10)14(16-2)8-11-3-5-13(15)6-4-11/h3-7,9,14,16H,8H2,1-2H3. The van der Waals surface area contributed by atoms with Crippen LogP contribution in [0.5, 0.6) is 0 Å². The van der Waals surface area contributed by atoms with E-state index in [0.29, 0.717) is 6.04 Å². The fourth-order valence-corrected chi connectivity index (χ4v) is 2.91. The highest BCUT2D eigenvalue weighted by Gasteiger charge is 2.11. The molecule has 0 aliphatic rings. The number of likely N-dealkylation sites (N-methyl/N-ethyl adjacent to an activating group) is 1. The number of aryl methyl sites for hydroxylation is 1. The van der Waals surface area contributed by atoms with Gasteiger partial charge in [-0.15, -0.1) is 11.3 Å². The molecule has 0 bridgehead atoms. The van der Waals surface area contributed by atoms with E-state index in [0.717, 1.165) is 10.9 Å². The van der Waals surface area contributed by atoms with E-state index in [4.69, 9.17) is 0 Å². The maximum absolute atomic E-state index is 3.46. The van der Waals surface area contributed by atoms with Gasteiger partial charge in [-0.3, -0.25) is 0 Å². The van der Waals surface area contributed by atoms with Gasteiger partial charge in [0.1, 0.15) is 0 Å². The molecule has 1 heterocycles. The summed E-state index contributed by atoms with van der Waals surface area (Å²) >= 11 is 5.28.